The zero-order valence-electron chi connectivity index (χ0n) is 34.0. The minimum Gasteiger partial charge on any atom is -0.444 e. The van der Waals surface area contributed by atoms with Gasteiger partial charge in [-0.15, -0.1) is 12.4 Å². The number of anilines is 2. The number of hydrogen-bond acceptors (Lipinski definition) is 8. The Kier molecular flexibility index (Phi) is 16.7. The molecule has 4 aromatic carbocycles. The fourth-order valence-corrected chi connectivity index (χ4v) is 7.57. The Morgan fingerprint density at radius 3 is 1.44 bits per heavy atom. The summed E-state index contributed by atoms with van der Waals surface area (Å²) in [6.07, 6.45) is 3.62. The third kappa shape index (κ3) is 12.2. The summed E-state index contributed by atoms with van der Waals surface area (Å²) in [7, 11) is 0. The fourth-order valence-electron chi connectivity index (χ4n) is 6.87. The maximum Gasteiger partial charge on any atom is 0.410 e. The average molecular weight is 901 g/mol. The van der Waals surface area contributed by atoms with Crippen molar-refractivity contribution in [2.75, 3.05) is 49.1 Å². The molecule has 2 aromatic heterocycles. The Morgan fingerprint density at radius 2 is 1.03 bits per heavy atom. The van der Waals surface area contributed by atoms with Gasteiger partial charge in [-0.3, -0.25) is 0 Å². The summed E-state index contributed by atoms with van der Waals surface area (Å²) in [5.41, 5.74) is 6.95. The van der Waals surface area contributed by atoms with Crippen LogP contribution in [0.1, 0.15) is 62.7 Å². The molecule has 0 N–H and O–H groups in total. The molecule has 0 spiro atoms. The van der Waals surface area contributed by atoms with E-state index in [1.807, 2.05) is 63.2 Å². The van der Waals surface area contributed by atoms with Crippen molar-refractivity contribution in [1.29, 1.82) is 0 Å². The number of halogens is 5. The van der Waals surface area contributed by atoms with E-state index in [4.69, 9.17) is 52.5 Å². The monoisotopic (exact) mass is 898 g/mol. The molecule has 0 saturated carbocycles. The number of hydrogen-bond donors (Lipinski definition) is 0. The van der Waals surface area contributed by atoms with Crippen molar-refractivity contribution in [1.82, 2.24) is 24.8 Å². The van der Waals surface area contributed by atoms with Gasteiger partial charge >= 0.3 is 6.09 Å². The van der Waals surface area contributed by atoms with E-state index in [1.165, 1.54) is 24.9 Å². The standard InChI is InChI=1S/C23H24Cl2N4O2.C19H17Cl2N3.C2H6.CH4.ClH/c1-23(2,3)31-22(30)29-12-10-28(11-13-29)17-7-4-15(5-8-17)20-18-14-16(24)6-9-19(18)26-21(25)27-20;20-14-6-9-17-16(12-14)18(23-19(21)22-17)13-4-7-15(8-5-13)24-10-2-1-3-11-24;1-2;;/h4-9,14H,10-13H2,1-3H3;4-9,12H,1-3,10-11H2;1-2H3;1H4;1H/i;;1D;;. The molecule has 2 aliphatic rings. The molecule has 4 heterocycles. The van der Waals surface area contributed by atoms with Crippen LogP contribution >= 0.6 is 58.8 Å². The van der Waals surface area contributed by atoms with Crippen LogP contribution in [-0.4, -0.2) is 75.8 Å². The Hall–Kier alpha value is -4.12. The molecule has 314 valence electrons. The Labute approximate surface area is 375 Å². The molecule has 2 saturated heterocycles. The minimum absolute atomic E-state index is 0. The van der Waals surface area contributed by atoms with Gasteiger partial charge in [-0.25, -0.2) is 24.7 Å². The first kappa shape index (κ1) is 46.0. The maximum absolute atomic E-state index is 12.3. The first-order valence-corrected chi connectivity index (χ1v) is 20.6. The molecule has 9 nitrogen and oxygen atoms in total. The fraction of sp³-hybridized carbons (Fsp3) is 0.356. The number of rotatable bonds is 4. The van der Waals surface area contributed by atoms with Crippen LogP contribution in [0.5, 0.6) is 0 Å². The molecule has 2 aliphatic heterocycles. The third-order valence-electron chi connectivity index (χ3n) is 9.56. The van der Waals surface area contributed by atoms with Gasteiger partial charge in [0.15, 0.2) is 0 Å². The van der Waals surface area contributed by atoms with Crippen LogP contribution in [0.3, 0.4) is 0 Å². The second-order valence-electron chi connectivity index (χ2n) is 14.6. The van der Waals surface area contributed by atoms with Crippen LogP contribution in [0, 0.1) is 0 Å². The van der Waals surface area contributed by atoms with Crippen molar-refractivity contribution in [2.45, 2.75) is 66.9 Å². The van der Waals surface area contributed by atoms with E-state index in [-0.39, 0.29) is 36.5 Å². The smallest absolute Gasteiger partial charge is 0.410 e. The molecule has 0 unspecified atom stereocenters. The minimum atomic E-state index is -0.484. The van der Waals surface area contributed by atoms with E-state index in [2.05, 4.69) is 66.1 Å². The van der Waals surface area contributed by atoms with Crippen LogP contribution in [0.25, 0.3) is 44.3 Å². The highest BCUT2D eigenvalue weighted by atomic mass is 35.5. The van der Waals surface area contributed by atoms with Crippen molar-refractivity contribution in [3.05, 3.63) is 106 Å². The van der Waals surface area contributed by atoms with E-state index in [1.54, 1.807) is 17.9 Å². The van der Waals surface area contributed by atoms with E-state index >= 15 is 0 Å². The summed E-state index contributed by atoms with van der Waals surface area (Å²) in [4.78, 5) is 36.2. The summed E-state index contributed by atoms with van der Waals surface area (Å²) in [5, 5.41) is 3.51. The second-order valence-corrected chi connectivity index (χ2v) is 16.2. The van der Waals surface area contributed by atoms with Gasteiger partial charge in [-0.05, 0) is 124 Å². The van der Waals surface area contributed by atoms with Gasteiger partial charge in [-0.2, -0.15) is 0 Å². The lowest BCUT2D eigenvalue weighted by molar-refractivity contribution is 0.0240. The molecule has 0 atom stereocenters. The Bertz CT molecular complexity index is 2330. The zero-order valence-corrected chi connectivity index (χ0v) is 36.9. The first-order valence-electron chi connectivity index (χ1n) is 19.8. The number of amides is 1. The van der Waals surface area contributed by atoms with Crippen LogP contribution in [-0.2, 0) is 4.74 Å². The van der Waals surface area contributed by atoms with E-state index < -0.39 is 5.60 Å². The van der Waals surface area contributed by atoms with Gasteiger partial charge in [0.05, 0.1) is 22.4 Å². The molecule has 2 fully saturated rings. The van der Waals surface area contributed by atoms with Gasteiger partial charge in [0, 0.05) is 84.0 Å². The number of fused-ring (bicyclic) bond motifs is 2. The summed E-state index contributed by atoms with van der Waals surface area (Å²) in [6.45, 7) is 12.9. The lowest BCUT2D eigenvalue weighted by atomic mass is 10.0. The number of nitrogens with zero attached hydrogens (tertiary/aromatic N) is 7. The highest BCUT2D eigenvalue weighted by molar-refractivity contribution is 6.32. The number of carbonyl (C=O) groups is 1. The summed E-state index contributed by atoms with van der Waals surface area (Å²) in [6, 6.07) is 27.7. The largest absolute Gasteiger partial charge is 0.444 e. The SMILES string of the molecule is C.CC(C)(C)OC(=O)N1CCN(c2ccc(-c3nc(Cl)nc4ccc(Cl)cc34)cc2)CC1.Cl.Clc1ccc2nc(Cl)nc(-c3ccc(N4CCCCC4)cc3)c2c1.[2H]CC. The molecule has 6 aromatic rings. The second kappa shape index (κ2) is 21.4. The molecular formula is C45H52Cl5N7O2. The van der Waals surface area contributed by atoms with Crippen molar-refractivity contribution in [3.8, 4) is 22.5 Å². The highest BCUT2D eigenvalue weighted by Crippen LogP contribution is 2.33. The van der Waals surface area contributed by atoms with Crippen molar-refractivity contribution in [2.24, 2.45) is 0 Å². The summed E-state index contributed by atoms with van der Waals surface area (Å²) < 4.78 is 11.7. The number of aromatic nitrogens is 4. The maximum atomic E-state index is 12.3. The molecule has 14 heteroatoms. The normalized spacial score (nSPS) is 14.2. The molecule has 0 aliphatic carbocycles. The van der Waals surface area contributed by atoms with E-state index in [0.717, 1.165) is 76.2 Å². The Morgan fingerprint density at radius 1 is 0.627 bits per heavy atom. The Balaban J connectivity index is 0.000000247. The van der Waals surface area contributed by atoms with Gasteiger partial charge < -0.3 is 19.4 Å². The van der Waals surface area contributed by atoms with E-state index in [9.17, 15) is 4.79 Å². The van der Waals surface area contributed by atoms with Crippen LogP contribution in [0.2, 0.25) is 20.6 Å². The van der Waals surface area contributed by atoms with Gasteiger partial charge in [0.25, 0.3) is 0 Å². The van der Waals surface area contributed by atoms with E-state index in [0.29, 0.717) is 30.0 Å². The predicted molar refractivity (Wildman–Crippen MR) is 251 cm³/mol. The molecule has 8 rings (SSSR count). The number of ether oxygens (including phenoxy) is 1. The average Bonchev–Trinajstić information content (AvgIpc) is 3.21. The first-order chi connectivity index (χ1) is 27.8. The quantitative estimate of drug-likeness (QED) is 0.162. The number of carbonyl (C=O) groups excluding carboxylic acids is 1. The van der Waals surface area contributed by atoms with Crippen LogP contribution < -0.4 is 9.80 Å². The number of piperidine rings is 1. The molecule has 59 heavy (non-hydrogen) atoms. The molecular weight excluding hydrogens is 848 g/mol. The lowest BCUT2D eigenvalue weighted by Crippen LogP contribution is -2.50. The predicted octanol–water partition coefficient (Wildman–Crippen LogP) is 13.3. The summed E-state index contributed by atoms with van der Waals surface area (Å²) >= 11 is 24.6. The summed E-state index contributed by atoms with van der Waals surface area (Å²) in [5.74, 6) is 0. The van der Waals surface area contributed by atoms with Crippen LogP contribution in [0.4, 0.5) is 16.2 Å². The van der Waals surface area contributed by atoms with Crippen LogP contribution in [0.15, 0.2) is 84.9 Å². The molecule has 1 amide bonds. The lowest BCUT2D eigenvalue weighted by Gasteiger charge is -2.36. The number of piperazine rings is 1. The molecule has 0 radical (unpaired) electrons. The number of benzene rings is 4. The van der Waals surface area contributed by atoms with Gasteiger partial charge in [-0.1, -0.05) is 68.7 Å². The topological polar surface area (TPSA) is 87.6 Å². The van der Waals surface area contributed by atoms with Crippen molar-refractivity contribution >= 4 is 98.1 Å². The van der Waals surface area contributed by atoms with Crippen molar-refractivity contribution < 1.29 is 10.9 Å². The zero-order chi connectivity index (χ0) is 41.4. The van der Waals surface area contributed by atoms with Gasteiger partial charge in [0.1, 0.15) is 5.60 Å². The van der Waals surface area contributed by atoms with Crippen molar-refractivity contribution in [3.63, 3.8) is 0 Å². The highest BCUT2D eigenvalue weighted by Gasteiger charge is 2.26. The third-order valence-corrected chi connectivity index (χ3v) is 10.4. The molecule has 0 bridgehead atoms. The van der Waals surface area contributed by atoms with Gasteiger partial charge in [0.2, 0.25) is 10.6 Å².